The van der Waals surface area contributed by atoms with E-state index in [0.717, 1.165) is 62.4 Å². The lowest BCUT2D eigenvalue weighted by Gasteiger charge is -2.49. The fourth-order valence-electron chi connectivity index (χ4n) is 4.45. The molecule has 1 unspecified atom stereocenters. The van der Waals surface area contributed by atoms with Crippen LogP contribution in [0.5, 0.6) is 5.75 Å². The predicted molar refractivity (Wildman–Crippen MR) is 114 cm³/mol. The summed E-state index contributed by atoms with van der Waals surface area (Å²) in [4.78, 5) is 17.5. The van der Waals surface area contributed by atoms with Crippen LogP contribution < -0.4 is 4.74 Å². The molecule has 2 fully saturated rings. The Hall–Kier alpha value is -1.63. The molecule has 3 rings (SSSR count). The van der Waals surface area contributed by atoms with Gasteiger partial charge in [-0.3, -0.25) is 9.69 Å². The first kappa shape index (κ1) is 22.1. The van der Waals surface area contributed by atoms with E-state index in [4.69, 9.17) is 14.2 Å². The molecule has 6 heteroatoms. The number of likely N-dealkylation sites (N-methyl/N-ethyl adjacent to an activating group) is 1. The molecule has 2 heterocycles. The first-order chi connectivity index (χ1) is 13.9. The van der Waals surface area contributed by atoms with Crippen LogP contribution in [0.15, 0.2) is 18.2 Å². The number of likely N-dealkylation sites (tertiary alicyclic amines) is 1. The average molecular weight is 405 g/mol. The molecule has 0 radical (unpaired) electrons. The Labute approximate surface area is 175 Å². The smallest absolute Gasteiger partial charge is 0.253 e. The molecule has 29 heavy (non-hydrogen) atoms. The number of morpholine rings is 1. The average Bonchev–Trinajstić information content (AvgIpc) is 2.69. The minimum absolute atomic E-state index is 0.0932. The lowest BCUT2D eigenvalue weighted by atomic mass is 9.88. The Kier molecular flexibility index (Phi) is 7.19. The van der Waals surface area contributed by atoms with Crippen LogP contribution in [-0.4, -0.2) is 80.0 Å². The molecule has 2 aliphatic heterocycles. The number of aryl methyl sites for hydroxylation is 1. The van der Waals surface area contributed by atoms with Crippen molar-refractivity contribution in [3.05, 3.63) is 29.3 Å². The summed E-state index contributed by atoms with van der Waals surface area (Å²) in [5, 5.41) is 0. The van der Waals surface area contributed by atoms with E-state index < -0.39 is 0 Å². The first-order valence-corrected chi connectivity index (χ1v) is 10.8. The number of piperidine rings is 1. The summed E-state index contributed by atoms with van der Waals surface area (Å²) in [5.74, 6) is 0.934. The summed E-state index contributed by atoms with van der Waals surface area (Å²) in [6.07, 6.45) is 1.95. The normalized spacial score (nSPS) is 22.3. The Balaban J connectivity index is 1.64. The molecule has 0 aromatic heterocycles. The molecule has 1 amide bonds. The molecular formula is C23H36N2O4. The SMILES string of the molecule is CCN1CC(COC)OC2(CCN(C(=O)c3ccc(OC(C)C)c(C)c3)CC2)C1. The van der Waals surface area contributed by atoms with Crippen molar-refractivity contribution in [1.82, 2.24) is 9.80 Å². The minimum Gasteiger partial charge on any atom is -0.491 e. The summed E-state index contributed by atoms with van der Waals surface area (Å²) in [5.41, 5.74) is 1.56. The first-order valence-electron chi connectivity index (χ1n) is 10.8. The Bertz CT molecular complexity index is 698. The quantitative estimate of drug-likeness (QED) is 0.729. The van der Waals surface area contributed by atoms with E-state index in [2.05, 4.69) is 11.8 Å². The number of rotatable bonds is 6. The zero-order valence-corrected chi connectivity index (χ0v) is 18.6. The molecule has 1 aromatic rings. The fraction of sp³-hybridized carbons (Fsp3) is 0.696. The molecule has 162 valence electrons. The lowest BCUT2D eigenvalue weighted by molar-refractivity contribution is -0.184. The fourth-order valence-corrected chi connectivity index (χ4v) is 4.45. The number of carbonyl (C=O) groups excluding carboxylic acids is 1. The summed E-state index contributed by atoms with van der Waals surface area (Å²) >= 11 is 0. The van der Waals surface area contributed by atoms with Crippen LogP contribution in [-0.2, 0) is 9.47 Å². The molecule has 0 aliphatic carbocycles. The molecule has 0 saturated carbocycles. The van der Waals surface area contributed by atoms with E-state index in [1.807, 2.05) is 43.9 Å². The maximum absolute atomic E-state index is 13.1. The van der Waals surface area contributed by atoms with Crippen molar-refractivity contribution in [2.24, 2.45) is 0 Å². The maximum atomic E-state index is 13.1. The van der Waals surface area contributed by atoms with Gasteiger partial charge in [0.1, 0.15) is 5.75 Å². The highest BCUT2D eigenvalue weighted by molar-refractivity contribution is 5.94. The lowest BCUT2D eigenvalue weighted by Crippen LogP contribution is -2.60. The number of methoxy groups -OCH3 is 1. The van der Waals surface area contributed by atoms with E-state index in [0.29, 0.717) is 6.61 Å². The standard InChI is InChI=1S/C23H36N2O4/c1-6-24-14-20(15-27-5)29-23(16-24)9-11-25(12-10-23)22(26)19-7-8-21(18(4)13-19)28-17(2)3/h7-8,13,17,20H,6,9-12,14-16H2,1-5H3. The van der Waals surface area contributed by atoms with Gasteiger partial charge in [0.2, 0.25) is 0 Å². The number of hydrogen-bond acceptors (Lipinski definition) is 5. The van der Waals surface area contributed by atoms with E-state index in [1.165, 1.54) is 0 Å². The zero-order chi connectivity index (χ0) is 21.0. The second kappa shape index (κ2) is 9.45. The third-order valence-electron chi connectivity index (χ3n) is 5.94. The second-order valence-electron chi connectivity index (χ2n) is 8.65. The van der Waals surface area contributed by atoms with Gasteiger partial charge in [-0.2, -0.15) is 0 Å². The zero-order valence-electron chi connectivity index (χ0n) is 18.6. The van der Waals surface area contributed by atoms with Gasteiger partial charge in [0.25, 0.3) is 5.91 Å². The summed E-state index contributed by atoms with van der Waals surface area (Å²) in [6.45, 7) is 13.1. The van der Waals surface area contributed by atoms with Gasteiger partial charge >= 0.3 is 0 Å². The highest BCUT2D eigenvalue weighted by Crippen LogP contribution is 2.33. The van der Waals surface area contributed by atoms with Crippen molar-refractivity contribution >= 4 is 5.91 Å². The minimum atomic E-state index is -0.168. The maximum Gasteiger partial charge on any atom is 0.253 e. The molecule has 6 nitrogen and oxygen atoms in total. The van der Waals surface area contributed by atoms with Gasteiger partial charge in [0.05, 0.1) is 24.4 Å². The van der Waals surface area contributed by atoms with Crippen LogP contribution in [0.2, 0.25) is 0 Å². The summed E-state index contributed by atoms with van der Waals surface area (Å²) in [7, 11) is 1.72. The largest absolute Gasteiger partial charge is 0.491 e. The van der Waals surface area contributed by atoms with Gasteiger partial charge in [-0.1, -0.05) is 6.92 Å². The van der Waals surface area contributed by atoms with Crippen LogP contribution in [0, 0.1) is 6.92 Å². The van der Waals surface area contributed by atoms with Gasteiger partial charge < -0.3 is 19.1 Å². The van der Waals surface area contributed by atoms with Gasteiger partial charge in [-0.05, 0) is 63.9 Å². The number of amides is 1. The molecule has 0 N–H and O–H groups in total. The Morgan fingerprint density at radius 3 is 2.62 bits per heavy atom. The number of ether oxygens (including phenoxy) is 3. The molecule has 1 aromatic carbocycles. The highest BCUT2D eigenvalue weighted by atomic mass is 16.5. The number of hydrogen-bond donors (Lipinski definition) is 0. The Morgan fingerprint density at radius 1 is 1.31 bits per heavy atom. The van der Waals surface area contributed by atoms with Crippen molar-refractivity contribution in [2.75, 3.05) is 46.4 Å². The summed E-state index contributed by atoms with van der Waals surface area (Å²) in [6, 6.07) is 5.73. The van der Waals surface area contributed by atoms with Crippen LogP contribution in [0.4, 0.5) is 0 Å². The third-order valence-corrected chi connectivity index (χ3v) is 5.94. The van der Waals surface area contributed by atoms with Crippen LogP contribution in [0.25, 0.3) is 0 Å². The van der Waals surface area contributed by atoms with Crippen molar-refractivity contribution in [3.63, 3.8) is 0 Å². The molecule has 2 aliphatic rings. The third kappa shape index (κ3) is 5.30. The second-order valence-corrected chi connectivity index (χ2v) is 8.65. The number of carbonyl (C=O) groups is 1. The molecule has 0 bridgehead atoms. The monoisotopic (exact) mass is 404 g/mol. The molecular weight excluding hydrogens is 368 g/mol. The van der Waals surface area contributed by atoms with Crippen LogP contribution in [0.3, 0.4) is 0 Å². The highest BCUT2D eigenvalue weighted by Gasteiger charge is 2.43. The topological polar surface area (TPSA) is 51.2 Å². The van der Waals surface area contributed by atoms with E-state index in [-0.39, 0.29) is 23.7 Å². The number of benzene rings is 1. The van der Waals surface area contributed by atoms with E-state index in [9.17, 15) is 4.79 Å². The van der Waals surface area contributed by atoms with Crippen LogP contribution >= 0.6 is 0 Å². The Morgan fingerprint density at radius 2 is 2.03 bits per heavy atom. The molecule has 1 spiro atoms. The van der Waals surface area contributed by atoms with Gasteiger partial charge in [-0.15, -0.1) is 0 Å². The van der Waals surface area contributed by atoms with Gasteiger partial charge in [-0.25, -0.2) is 0 Å². The van der Waals surface area contributed by atoms with Gasteiger partial charge in [0.15, 0.2) is 0 Å². The van der Waals surface area contributed by atoms with Crippen molar-refractivity contribution in [1.29, 1.82) is 0 Å². The van der Waals surface area contributed by atoms with E-state index >= 15 is 0 Å². The van der Waals surface area contributed by atoms with Crippen LogP contribution in [0.1, 0.15) is 49.5 Å². The van der Waals surface area contributed by atoms with Crippen molar-refractivity contribution in [3.8, 4) is 5.75 Å². The number of nitrogens with zero attached hydrogens (tertiary/aromatic N) is 2. The van der Waals surface area contributed by atoms with Crippen molar-refractivity contribution < 1.29 is 19.0 Å². The molecule has 1 atom stereocenters. The van der Waals surface area contributed by atoms with Gasteiger partial charge in [0, 0.05) is 38.9 Å². The predicted octanol–water partition coefficient (Wildman–Crippen LogP) is 3.12. The van der Waals surface area contributed by atoms with Crippen molar-refractivity contribution in [2.45, 2.75) is 58.3 Å². The van der Waals surface area contributed by atoms with E-state index in [1.54, 1.807) is 7.11 Å². The summed E-state index contributed by atoms with van der Waals surface area (Å²) < 4.78 is 17.6. The molecule has 2 saturated heterocycles.